The van der Waals surface area contributed by atoms with Crippen molar-refractivity contribution in [1.82, 2.24) is 19.7 Å². The van der Waals surface area contributed by atoms with Crippen LogP contribution >= 0.6 is 11.6 Å². The van der Waals surface area contributed by atoms with Gasteiger partial charge in [-0.25, -0.2) is 14.2 Å². The molecule has 0 saturated heterocycles. The summed E-state index contributed by atoms with van der Waals surface area (Å²) in [6.07, 6.45) is 1.75. The number of carbonyl (C=O) groups is 1. The average Bonchev–Trinajstić information content (AvgIpc) is 3.11. The van der Waals surface area contributed by atoms with Crippen LogP contribution in [0.1, 0.15) is 5.69 Å². The number of benzene rings is 1. The van der Waals surface area contributed by atoms with Crippen molar-refractivity contribution in [2.45, 2.75) is 13.1 Å². The fourth-order valence-electron chi connectivity index (χ4n) is 3.14. The van der Waals surface area contributed by atoms with Crippen LogP contribution in [0.25, 0.3) is 11.1 Å². The average molecular weight is 402 g/mol. The Morgan fingerprint density at radius 3 is 2.79 bits per heavy atom. The molecule has 1 N–H and O–H groups in total. The lowest BCUT2D eigenvalue weighted by molar-refractivity contribution is 0.194. The molecule has 0 spiro atoms. The maximum absolute atomic E-state index is 13.2. The van der Waals surface area contributed by atoms with Gasteiger partial charge in [0, 0.05) is 18.2 Å². The van der Waals surface area contributed by atoms with E-state index in [1.807, 2.05) is 4.68 Å². The predicted molar refractivity (Wildman–Crippen MR) is 103 cm³/mol. The molecule has 28 heavy (non-hydrogen) atoms. The van der Waals surface area contributed by atoms with E-state index in [2.05, 4.69) is 15.4 Å². The summed E-state index contributed by atoms with van der Waals surface area (Å²) >= 11 is 5.96. The van der Waals surface area contributed by atoms with E-state index in [4.69, 9.17) is 16.3 Å². The van der Waals surface area contributed by atoms with Gasteiger partial charge in [-0.1, -0.05) is 23.7 Å². The van der Waals surface area contributed by atoms with Crippen molar-refractivity contribution in [3.63, 3.8) is 0 Å². The molecule has 1 aliphatic heterocycles. The van der Waals surface area contributed by atoms with E-state index in [1.165, 1.54) is 19.2 Å². The highest BCUT2D eigenvalue weighted by Crippen LogP contribution is 2.28. The van der Waals surface area contributed by atoms with Crippen LogP contribution < -0.4 is 10.1 Å². The first-order valence-electron chi connectivity index (χ1n) is 8.61. The Hall–Kier alpha value is -3.13. The molecule has 7 nitrogen and oxygen atoms in total. The normalized spacial score (nSPS) is 13.2. The van der Waals surface area contributed by atoms with Crippen molar-refractivity contribution >= 4 is 23.3 Å². The third-order valence-corrected chi connectivity index (χ3v) is 4.74. The molecule has 0 unspecified atom stereocenters. The molecule has 0 saturated carbocycles. The van der Waals surface area contributed by atoms with Gasteiger partial charge in [0.15, 0.2) is 0 Å². The number of carbonyl (C=O) groups excluding carboxylic acids is 1. The highest BCUT2D eigenvalue weighted by Gasteiger charge is 2.24. The number of hydrogen-bond donors (Lipinski definition) is 1. The topological polar surface area (TPSA) is 72.3 Å². The first-order valence-corrected chi connectivity index (χ1v) is 8.99. The molecular formula is C19H17ClFN5O2. The Kier molecular flexibility index (Phi) is 4.87. The number of urea groups is 1. The summed E-state index contributed by atoms with van der Waals surface area (Å²) in [5, 5.41) is 7.44. The van der Waals surface area contributed by atoms with Gasteiger partial charge in [0.25, 0.3) is 0 Å². The summed E-state index contributed by atoms with van der Waals surface area (Å²) in [5.41, 5.74) is 3.14. The Balaban J connectivity index is 1.53. The zero-order chi connectivity index (χ0) is 19.7. The van der Waals surface area contributed by atoms with Crippen LogP contribution in [-0.2, 0) is 13.1 Å². The highest BCUT2D eigenvalue weighted by atomic mass is 35.5. The zero-order valence-corrected chi connectivity index (χ0v) is 15.8. The van der Waals surface area contributed by atoms with Crippen molar-refractivity contribution in [3.8, 4) is 17.0 Å². The molecule has 3 aromatic rings. The molecule has 0 fully saturated rings. The minimum Gasteiger partial charge on any atom is -0.481 e. The molecule has 144 valence electrons. The van der Waals surface area contributed by atoms with Crippen LogP contribution in [0, 0.1) is 5.82 Å². The lowest BCUT2D eigenvalue weighted by Crippen LogP contribution is -2.41. The lowest BCUT2D eigenvalue weighted by Gasteiger charge is -2.28. The summed E-state index contributed by atoms with van der Waals surface area (Å²) in [7, 11) is 1.48. The highest BCUT2D eigenvalue weighted by molar-refractivity contribution is 6.29. The van der Waals surface area contributed by atoms with E-state index in [9.17, 15) is 9.18 Å². The van der Waals surface area contributed by atoms with Crippen molar-refractivity contribution in [2.75, 3.05) is 19.0 Å². The molecule has 2 aromatic heterocycles. The maximum atomic E-state index is 13.2. The van der Waals surface area contributed by atoms with Gasteiger partial charge >= 0.3 is 6.03 Å². The Morgan fingerprint density at radius 2 is 2.04 bits per heavy atom. The van der Waals surface area contributed by atoms with Crippen molar-refractivity contribution < 1.29 is 13.9 Å². The number of rotatable bonds is 3. The minimum absolute atomic E-state index is 0.227. The van der Waals surface area contributed by atoms with Crippen molar-refractivity contribution in [1.29, 1.82) is 0 Å². The monoisotopic (exact) mass is 401 g/mol. The second kappa shape index (κ2) is 7.47. The molecule has 2 amide bonds. The zero-order valence-electron chi connectivity index (χ0n) is 15.0. The molecule has 1 aromatic carbocycles. The summed E-state index contributed by atoms with van der Waals surface area (Å²) in [4.78, 5) is 18.4. The summed E-state index contributed by atoms with van der Waals surface area (Å²) in [6, 6.07) is 9.12. The number of amides is 2. The number of hydrogen-bond acceptors (Lipinski definition) is 4. The largest absolute Gasteiger partial charge is 0.481 e. The van der Waals surface area contributed by atoms with Crippen molar-refractivity contribution in [2.24, 2.45) is 0 Å². The van der Waals surface area contributed by atoms with Gasteiger partial charge in [-0.3, -0.25) is 4.68 Å². The molecule has 0 aliphatic carbocycles. The number of methoxy groups -OCH3 is 1. The van der Waals surface area contributed by atoms with Crippen LogP contribution in [0.4, 0.5) is 14.9 Å². The second-order valence-electron chi connectivity index (χ2n) is 6.31. The summed E-state index contributed by atoms with van der Waals surface area (Å²) in [5.74, 6) is 0.0235. The number of nitrogens with one attached hydrogen (secondary N) is 1. The Labute approximate surface area is 165 Å². The summed E-state index contributed by atoms with van der Waals surface area (Å²) in [6.45, 7) is 1.47. The molecule has 0 atom stereocenters. The van der Waals surface area contributed by atoms with Gasteiger partial charge in [-0.2, -0.15) is 5.10 Å². The van der Waals surface area contributed by atoms with E-state index < -0.39 is 0 Å². The van der Waals surface area contributed by atoms with E-state index in [0.29, 0.717) is 31.2 Å². The number of pyridine rings is 1. The van der Waals surface area contributed by atoms with E-state index in [0.717, 1.165) is 16.8 Å². The second-order valence-corrected chi connectivity index (χ2v) is 6.69. The first kappa shape index (κ1) is 18.2. The first-order chi connectivity index (χ1) is 13.5. The molecule has 1 aliphatic rings. The van der Waals surface area contributed by atoms with E-state index in [1.54, 1.807) is 35.4 Å². The SMILES string of the molecule is COc1cc(NC(=O)N2CCn3ncc(-c4ccc(F)cc4)c3C2)cc(Cl)n1. The predicted octanol–water partition coefficient (Wildman–Crippen LogP) is 3.79. The number of anilines is 1. The number of ether oxygens (including phenoxy) is 1. The Bertz CT molecular complexity index is 1020. The van der Waals surface area contributed by atoms with Gasteiger partial charge in [-0.05, 0) is 23.8 Å². The number of halogens is 2. The fraction of sp³-hybridized carbons (Fsp3) is 0.211. The van der Waals surface area contributed by atoms with E-state index >= 15 is 0 Å². The molecular weight excluding hydrogens is 385 g/mol. The Morgan fingerprint density at radius 1 is 1.25 bits per heavy atom. The molecule has 9 heteroatoms. The standard InChI is InChI=1S/C19H17ClFN5O2/c1-28-18-9-14(8-17(20)24-18)23-19(27)25-6-7-26-16(11-25)15(10-22-26)12-2-4-13(21)5-3-12/h2-5,8-10H,6-7,11H2,1H3,(H,23,24,27). The third kappa shape index (κ3) is 3.63. The van der Waals surface area contributed by atoms with Crippen LogP contribution in [0.15, 0.2) is 42.6 Å². The van der Waals surface area contributed by atoms with Crippen LogP contribution in [0.3, 0.4) is 0 Å². The van der Waals surface area contributed by atoms with Gasteiger partial charge in [0.2, 0.25) is 5.88 Å². The number of fused-ring (bicyclic) bond motifs is 1. The molecule has 0 bridgehead atoms. The number of aromatic nitrogens is 3. The third-order valence-electron chi connectivity index (χ3n) is 4.54. The quantitative estimate of drug-likeness (QED) is 0.678. The van der Waals surface area contributed by atoms with Gasteiger partial charge in [-0.15, -0.1) is 0 Å². The van der Waals surface area contributed by atoms with Crippen LogP contribution in [0.5, 0.6) is 5.88 Å². The summed E-state index contributed by atoms with van der Waals surface area (Å²) < 4.78 is 20.2. The molecule has 3 heterocycles. The minimum atomic E-state index is -0.294. The molecule has 0 radical (unpaired) electrons. The van der Waals surface area contributed by atoms with Gasteiger partial charge < -0.3 is 15.0 Å². The lowest BCUT2D eigenvalue weighted by atomic mass is 10.1. The fourth-order valence-corrected chi connectivity index (χ4v) is 3.34. The number of nitrogens with zero attached hydrogens (tertiary/aromatic N) is 4. The van der Waals surface area contributed by atoms with E-state index in [-0.39, 0.29) is 17.0 Å². The van der Waals surface area contributed by atoms with Gasteiger partial charge in [0.1, 0.15) is 11.0 Å². The van der Waals surface area contributed by atoms with Crippen LogP contribution in [-0.4, -0.2) is 39.4 Å². The van der Waals surface area contributed by atoms with Crippen molar-refractivity contribution in [3.05, 3.63) is 59.3 Å². The van der Waals surface area contributed by atoms with Crippen LogP contribution in [0.2, 0.25) is 5.15 Å². The maximum Gasteiger partial charge on any atom is 0.322 e. The molecule has 4 rings (SSSR count). The smallest absolute Gasteiger partial charge is 0.322 e. The van der Waals surface area contributed by atoms with Gasteiger partial charge in [0.05, 0.1) is 37.8 Å².